The standard InChI is InChI=1S/C26H29N3O7S/c1-17(2)20-10-8-9-18(3)26(20)27-25(30)16-28(21-14-13-19(35-4)15-23(21)36-5)37(33,34)24-12-7-6-11-22(24)29(31)32/h6-15,17H,16H2,1-5H3,(H,27,30). The summed E-state index contributed by atoms with van der Waals surface area (Å²) in [7, 11) is -1.81. The maximum Gasteiger partial charge on any atom is 0.289 e. The number of carbonyl (C=O) groups excluding carboxylic acids is 1. The van der Waals surface area contributed by atoms with Crippen LogP contribution < -0.4 is 19.1 Å². The lowest BCUT2D eigenvalue weighted by molar-refractivity contribution is -0.387. The van der Waals surface area contributed by atoms with Crippen molar-refractivity contribution in [3.05, 3.63) is 81.9 Å². The van der Waals surface area contributed by atoms with Gasteiger partial charge in [-0.1, -0.05) is 44.2 Å². The van der Waals surface area contributed by atoms with Crippen molar-refractivity contribution in [1.82, 2.24) is 0 Å². The molecule has 37 heavy (non-hydrogen) atoms. The van der Waals surface area contributed by atoms with Crippen LogP contribution in [0.5, 0.6) is 11.5 Å². The fraction of sp³-hybridized carbons (Fsp3) is 0.269. The predicted octanol–water partition coefficient (Wildman–Crippen LogP) is 4.88. The van der Waals surface area contributed by atoms with E-state index in [1.54, 1.807) is 0 Å². The number of anilines is 2. The topological polar surface area (TPSA) is 128 Å². The highest BCUT2D eigenvalue weighted by molar-refractivity contribution is 7.93. The lowest BCUT2D eigenvalue weighted by Gasteiger charge is -2.26. The highest BCUT2D eigenvalue weighted by Crippen LogP contribution is 2.37. The van der Waals surface area contributed by atoms with E-state index in [1.807, 2.05) is 39.0 Å². The van der Waals surface area contributed by atoms with Gasteiger partial charge in [0.1, 0.15) is 18.0 Å². The third kappa shape index (κ3) is 5.83. The predicted molar refractivity (Wildman–Crippen MR) is 141 cm³/mol. The number of amides is 1. The Bertz CT molecular complexity index is 1420. The van der Waals surface area contributed by atoms with Crippen LogP contribution in [0.2, 0.25) is 0 Å². The molecule has 1 amide bonds. The number of para-hydroxylation sites is 2. The molecule has 1 N–H and O–H groups in total. The number of nitro groups is 1. The second-order valence-corrected chi connectivity index (χ2v) is 10.3. The summed E-state index contributed by atoms with van der Waals surface area (Å²) in [5, 5.41) is 14.5. The summed E-state index contributed by atoms with van der Waals surface area (Å²) < 4.78 is 39.1. The molecule has 10 nitrogen and oxygen atoms in total. The average Bonchev–Trinajstić information content (AvgIpc) is 2.87. The van der Waals surface area contributed by atoms with E-state index in [2.05, 4.69) is 5.32 Å². The molecule has 3 rings (SSSR count). The second-order valence-electron chi connectivity index (χ2n) is 8.52. The van der Waals surface area contributed by atoms with E-state index in [-0.39, 0.29) is 17.4 Å². The summed E-state index contributed by atoms with van der Waals surface area (Å²) in [4.78, 5) is 23.6. The van der Waals surface area contributed by atoms with Gasteiger partial charge in [-0.05, 0) is 42.2 Å². The summed E-state index contributed by atoms with van der Waals surface area (Å²) in [5.41, 5.74) is 1.71. The van der Waals surface area contributed by atoms with Gasteiger partial charge in [0.2, 0.25) is 5.91 Å². The van der Waals surface area contributed by atoms with Gasteiger partial charge < -0.3 is 14.8 Å². The first-order chi connectivity index (χ1) is 17.5. The lowest BCUT2D eigenvalue weighted by atomic mass is 9.98. The molecule has 0 spiro atoms. The van der Waals surface area contributed by atoms with Crippen molar-refractivity contribution in [2.45, 2.75) is 31.6 Å². The molecule has 0 aliphatic carbocycles. The third-order valence-corrected chi connectivity index (χ3v) is 7.57. The highest BCUT2D eigenvalue weighted by atomic mass is 32.2. The van der Waals surface area contributed by atoms with Gasteiger partial charge >= 0.3 is 0 Å². The summed E-state index contributed by atoms with van der Waals surface area (Å²) in [6.45, 7) is 5.15. The van der Waals surface area contributed by atoms with Crippen LogP contribution in [0.25, 0.3) is 0 Å². The Morgan fingerprint density at radius 2 is 1.76 bits per heavy atom. The van der Waals surface area contributed by atoms with Crippen molar-refractivity contribution in [2.75, 3.05) is 30.4 Å². The minimum absolute atomic E-state index is 0.0190. The molecular weight excluding hydrogens is 498 g/mol. The Balaban J connectivity index is 2.14. The van der Waals surface area contributed by atoms with Crippen LogP contribution in [0.15, 0.2) is 65.6 Å². The number of nitrogens with zero attached hydrogens (tertiary/aromatic N) is 2. The van der Waals surface area contributed by atoms with E-state index in [9.17, 15) is 23.3 Å². The molecule has 0 unspecified atom stereocenters. The minimum Gasteiger partial charge on any atom is -0.497 e. The van der Waals surface area contributed by atoms with E-state index >= 15 is 0 Å². The molecule has 0 heterocycles. The Kier molecular flexibility index (Phi) is 8.38. The smallest absolute Gasteiger partial charge is 0.289 e. The van der Waals surface area contributed by atoms with Crippen LogP contribution >= 0.6 is 0 Å². The Labute approximate surface area is 216 Å². The number of ether oxygens (including phenoxy) is 2. The molecule has 0 fully saturated rings. The molecular formula is C26H29N3O7S. The molecule has 196 valence electrons. The molecule has 0 aromatic heterocycles. The van der Waals surface area contributed by atoms with Gasteiger partial charge in [0, 0.05) is 17.8 Å². The summed E-state index contributed by atoms with van der Waals surface area (Å²) in [5.74, 6) is -0.0254. The van der Waals surface area contributed by atoms with Gasteiger partial charge in [-0.25, -0.2) is 8.42 Å². The third-order valence-electron chi connectivity index (χ3n) is 5.76. The number of nitro benzene ring substituents is 1. The number of carbonyl (C=O) groups is 1. The number of hydrogen-bond donors (Lipinski definition) is 1. The average molecular weight is 528 g/mol. The fourth-order valence-corrected chi connectivity index (χ4v) is 5.48. The summed E-state index contributed by atoms with van der Waals surface area (Å²) >= 11 is 0. The first-order valence-corrected chi connectivity index (χ1v) is 12.8. The van der Waals surface area contributed by atoms with Crippen LogP contribution in [-0.4, -0.2) is 40.0 Å². The number of nitrogens with one attached hydrogen (secondary N) is 1. The molecule has 0 saturated carbocycles. The Morgan fingerprint density at radius 1 is 1.05 bits per heavy atom. The van der Waals surface area contributed by atoms with Crippen LogP contribution in [0, 0.1) is 17.0 Å². The molecule has 0 aliphatic heterocycles. The molecule has 0 bridgehead atoms. The molecule has 0 atom stereocenters. The van der Waals surface area contributed by atoms with E-state index < -0.39 is 38.0 Å². The molecule has 11 heteroatoms. The van der Waals surface area contributed by atoms with Crippen LogP contribution in [0.4, 0.5) is 17.1 Å². The lowest BCUT2D eigenvalue weighted by Crippen LogP contribution is -2.38. The molecule has 0 radical (unpaired) electrons. The summed E-state index contributed by atoms with van der Waals surface area (Å²) in [6.07, 6.45) is 0. The number of rotatable bonds is 10. The quantitative estimate of drug-likeness (QED) is 0.294. The number of sulfonamides is 1. The van der Waals surface area contributed by atoms with Gasteiger partial charge in [0.15, 0.2) is 4.90 Å². The molecule has 3 aromatic rings. The largest absolute Gasteiger partial charge is 0.497 e. The maximum atomic E-state index is 13.9. The monoisotopic (exact) mass is 527 g/mol. The Morgan fingerprint density at radius 3 is 2.38 bits per heavy atom. The number of benzene rings is 3. The number of methoxy groups -OCH3 is 2. The number of aryl methyl sites for hydroxylation is 1. The van der Waals surface area contributed by atoms with E-state index in [0.29, 0.717) is 11.4 Å². The normalized spacial score (nSPS) is 11.2. The number of hydrogen-bond acceptors (Lipinski definition) is 7. The SMILES string of the molecule is COc1ccc(N(CC(=O)Nc2c(C)cccc2C(C)C)S(=O)(=O)c2ccccc2[N+](=O)[O-])c(OC)c1. The van der Waals surface area contributed by atoms with Crippen LogP contribution in [0.3, 0.4) is 0 Å². The fourth-order valence-electron chi connectivity index (χ4n) is 3.89. The van der Waals surface area contributed by atoms with Crippen molar-refractivity contribution in [3.8, 4) is 11.5 Å². The van der Waals surface area contributed by atoms with Crippen LogP contribution in [-0.2, 0) is 14.8 Å². The van der Waals surface area contributed by atoms with Crippen molar-refractivity contribution in [3.63, 3.8) is 0 Å². The van der Waals surface area contributed by atoms with E-state index in [0.717, 1.165) is 27.6 Å². The first-order valence-electron chi connectivity index (χ1n) is 11.4. The maximum absolute atomic E-state index is 13.9. The van der Waals surface area contributed by atoms with Crippen molar-refractivity contribution in [1.29, 1.82) is 0 Å². The zero-order chi connectivity index (χ0) is 27.3. The minimum atomic E-state index is -4.60. The zero-order valence-electron chi connectivity index (χ0n) is 21.2. The van der Waals surface area contributed by atoms with Gasteiger partial charge in [-0.15, -0.1) is 0 Å². The van der Waals surface area contributed by atoms with Gasteiger partial charge in [-0.2, -0.15) is 0 Å². The Hall–Kier alpha value is -4.12. The zero-order valence-corrected chi connectivity index (χ0v) is 22.0. The highest BCUT2D eigenvalue weighted by Gasteiger charge is 2.35. The van der Waals surface area contributed by atoms with E-state index in [1.165, 1.54) is 44.6 Å². The summed E-state index contributed by atoms with van der Waals surface area (Å²) in [6, 6.07) is 15.0. The van der Waals surface area contributed by atoms with Gasteiger partial charge in [-0.3, -0.25) is 19.2 Å². The van der Waals surface area contributed by atoms with Crippen molar-refractivity contribution >= 4 is 33.0 Å². The molecule has 0 saturated heterocycles. The van der Waals surface area contributed by atoms with Crippen LogP contribution in [0.1, 0.15) is 30.9 Å². The second kappa shape index (κ2) is 11.3. The first kappa shape index (κ1) is 27.5. The van der Waals surface area contributed by atoms with Crippen molar-refractivity contribution in [2.24, 2.45) is 0 Å². The molecule has 0 aliphatic rings. The molecule has 3 aromatic carbocycles. The van der Waals surface area contributed by atoms with Gasteiger partial charge in [0.25, 0.3) is 15.7 Å². The van der Waals surface area contributed by atoms with Crippen molar-refractivity contribution < 1.29 is 27.6 Å². The van der Waals surface area contributed by atoms with E-state index in [4.69, 9.17) is 9.47 Å². The van der Waals surface area contributed by atoms with Gasteiger partial charge in [0.05, 0.1) is 24.8 Å².